The van der Waals surface area contributed by atoms with Crippen molar-refractivity contribution in [2.75, 3.05) is 6.61 Å². The van der Waals surface area contributed by atoms with Gasteiger partial charge in [-0.15, -0.1) is 0 Å². The van der Waals surface area contributed by atoms with E-state index >= 15 is 0 Å². The molecule has 0 aliphatic carbocycles. The van der Waals surface area contributed by atoms with E-state index in [1.807, 2.05) is 13.8 Å². The van der Waals surface area contributed by atoms with Crippen molar-refractivity contribution in [3.05, 3.63) is 23.8 Å². The summed E-state index contributed by atoms with van der Waals surface area (Å²) < 4.78 is 5.37. The van der Waals surface area contributed by atoms with Crippen molar-refractivity contribution in [2.45, 2.75) is 19.4 Å². The molecule has 1 amide bonds. The summed E-state index contributed by atoms with van der Waals surface area (Å²) in [6, 6.07) is 4.30. The number of carbonyl (C=O) groups is 1. The molecule has 0 radical (unpaired) electrons. The summed E-state index contributed by atoms with van der Waals surface area (Å²) in [4.78, 5) is 11.0. The largest absolute Gasteiger partial charge is 0.507 e. The van der Waals surface area contributed by atoms with Gasteiger partial charge in [0.15, 0.2) is 0 Å². The Morgan fingerprint density at radius 1 is 1.50 bits per heavy atom. The lowest BCUT2D eigenvalue weighted by Crippen LogP contribution is -2.38. The van der Waals surface area contributed by atoms with Crippen LogP contribution >= 0.6 is 0 Å². The van der Waals surface area contributed by atoms with Crippen LogP contribution in [0.15, 0.2) is 18.2 Å². The minimum absolute atomic E-state index is 0.0346. The summed E-state index contributed by atoms with van der Waals surface area (Å²) in [7, 11) is 0. The monoisotopic (exact) mass is 224 g/mol. The van der Waals surface area contributed by atoms with Crippen LogP contribution < -0.4 is 16.2 Å². The third kappa shape index (κ3) is 3.43. The predicted molar refractivity (Wildman–Crippen MR) is 60.4 cm³/mol. The van der Waals surface area contributed by atoms with Gasteiger partial charge in [0.2, 0.25) is 0 Å². The van der Waals surface area contributed by atoms with Gasteiger partial charge in [0.1, 0.15) is 18.1 Å². The third-order valence-electron chi connectivity index (χ3n) is 1.84. The first-order chi connectivity index (χ1) is 7.29. The van der Waals surface area contributed by atoms with Gasteiger partial charge >= 0.3 is 0 Å². The van der Waals surface area contributed by atoms with Crippen LogP contribution in [0.3, 0.4) is 0 Å². The Kier molecular flexibility index (Phi) is 3.39. The van der Waals surface area contributed by atoms with E-state index in [4.69, 9.17) is 16.2 Å². The molecular formula is C11H16N2O3. The third-order valence-corrected chi connectivity index (χ3v) is 1.84. The number of primary amides is 1. The van der Waals surface area contributed by atoms with E-state index in [-0.39, 0.29) is 11.3 Å². The zero-order chi connectivity index (χ0) is 12.3. The Morgan fingerprint density at radius 3 is 2.62 bits per heavy atom. The maximum absolute atomic E-state index is 11.0. The molecule has 0 bridgehead atoms. The Morgan fingerprint density at radius 2 is 2.12 bits per heavy atom. The van der Waals surface area contributed by atoms with Crippen molar-refractivity contribution in [3.8, 4) is 11.5 Å². The van der Waals surface area contributed by atoms with Crippen LogP contribution in [0.1, 0.15) is 24.2 Å². The van der Waals surface area contributed by atoms with Gasteiger partial charge in [-0.1, -0.05) is 0 Å². The highest BCUT2D eigenvalue weighted by Gasteiger charge is 2.13. The Bertz CT molecular complexity index is 397. The van der Waals surface area contributed by atoms with Gasteiger partial charge in [0.05, 0.1) is 5.56 Å². The molecule has 0 aliphatic rings. The van der Waals surface area contributed by atoms with Gasteiger partial charge in [-0.3, -0.25) is 4.79 Å². The molecule has 0 aliphatic heterocycles. The topological polar surface area (TPSA) is 98.6 Å². The lowest BCUT2D eigenvalue weighted by Gasteiger charge is -2.19. The molecule has 0 spiro atoms. The standard InChI is InChI=1S/C11H16N2O3/c1-11(2,13)6-16-7-3-4-9(14)8(5-7)10(12)15/h3-5,14H,6,13H2,1-2H3,(H2,12,15). The molecule has 0 aromatic heterocycles. The van der Waals surface area contributed by atoms with E-state index in [1.165, 1.54) is 12.1 Å². The fraction of sp³-hybridized carbons (Fsp3) is 0.364. The summed E-state index contributed by atoms with van der Waals surface area (Å²) >= 11 is 0. The van der Waals surface area contributed by atoms with Gasteiger partial charge in [-0.2, -0.15) is 0 Å². The molecule has 5 heteroatoms. The molecule has 0 unspecified atom stereocenters. The molecule has 0 heterocycles. The van der Waals surface area contributed by atoms with Crippen LogP contribution in [0.5, 0.6) is 11.5 Å². The summed E-state index contributed by atoms with van der Waals surface area (Å²) in [6.07, 6.45) is 0. The van der Waals surface area contributed by atoms with E-state index in [0.29, 0.717) is 12.4 Å². The zero-order valence-electron chi connectivity index (χ0n) is 9.36. The molecule has 0 saturated carbocycles. The molecular weight excluding hydrogens is 208 g/mol. The molecule has 16 heavy (non-hydrogen) atoms. The fourth-order valence-corrected chi connectivity index (χ4v) is 1.07. The van der Waals surface area contributed by atoms with Crippen molar-refractivity contribution >= 4 is 5.91 Å². The number of phenols is 1. The Balaban J connectivity index is 2.83. The van der Waals surface area contributed by atoms with Gasteiger partial charge < -0.3 is 21.3 Å². The number of aromatic hydroxyl groups is 1. The first-order valence-corrected chi connectivity index (χ1v) is 4.84. The molecule has 1 rings (SSSR count). The normalized spacial score (nSPS) is 11.2. The summed E-state index contributed by atoms with van der Waals surface area (Å²) in [5, 5.41) is 9.35. The highest BCUT2D eigenvalue weighted by atomic mass is 16.5. The lowest BCUT2D eigenvalue weighted by atomic mass is 10.1. The Labute approximate surface area is 94.0 Å². The SMILES string of the molecule is CC(C)(N)COc1ccc(O)c(C(N)=O)c1. The van der Waals surface area contributed by atoms with Crippen molar-refractivity contribution in [2.24, 2.45) is 11.5 Å². The summed E-state index contributed by atoms with van der Waals surface area (Å²) in [6.45, 7) is 3.95. The quantitative estimate of drug-likeness (QED) is 0.697. The summed E-state index contributed by atoms with van der Waals surface area (Å²) in [5.74, 6) is -0.410. The second kappa shape index (κ2) is 4.40. The molecule has 5 nitrogen and oxygen atoms in total. The van der Waals surface area contributed by atoms with Gasteiger partial charge in [0, 0.05) is 5.54 Å². The first-order valence-electron chi connectivity index (χ1n) is 4.84. The van der Waals surface area contributed by atoms with Crippen LogP contribution in [0.25, 0.3) is 0 Å². The fourth-order valence-electron chi connectivity index (χ4n) is 1.07. The Hall–Kier alpha value is -1.75. The van der Waals surface area contributed by atoms with E-state index in [0.717, 1.165) is 0 Å². The first kappa shape index (κ1) is 12.3. The van der Waals surface area contributed by atoms with E-state index in [9.17, 15) is 9.90 Å². The number of hydrogen-bond acceptors (Lipinski definition) is 4. The van der Waals surface area contributed by atoms with E-state index in [2.05, 4.69) is 0 Å². The maximum Gasteiger partial charge on any atom is 0.252 e. The van der Waals surface area contributed by atoms with Crippen molar-refractivity contribution in [3.63, 3.8) is 0 Å². The minimum Gasteiger partial charge on any atom is -0.507 e. The number of hydrogen-bond donors (Lipinski definition) is 3. The van der Waals surface area contributed by atoms with Crippen LogP contribution in [-0.4, -0.2) is 23.2 Å². The van der Waals surface area contributed by atoms with Gasteiger partial charge in [-0.05, 0) is 32.0 Å². The summed E-state index contributed by atoms with van der Waals surface area (Å²) in [5.41, 5.74) is 10.4. The van der Waals surface area contributed by atoms with E-state index < -0.39 is 11.4 Å². The highest BCUT2D eigenvalue weighted by Crippen LogP contribution is 2.22. The molecule has 1 aromatic carbocycles. The number of benzene rings is 1. The van der Waals surface area contributed by atoms with Crippen molar-refractivity contribution in [1.29, 1.82) is 0 Å². The molecule has 0 atom stereocenters. The van der Waals surface area contributed by atoms with Crippen molar-refractivity contribution < 1.29 is 14.6 Å². The predicted octanol–water partition coefficient (Wildman–Crippen LogP) is 0.607. The van der Waals surface area contributed by atoms with E-state index in [1.54, 1.807) is 6.07 Å². The average Bonchev–Trinajstić information content (AvgIpc) is 2.14. The van der Waals surface area contributed by atoms with Crippen LogP contribution in [-0.2, 0) is 0 Å². The lowest BCUT2D eigenvalue weighted by molar-refractivity contribution is 0.0997. The maximum atomic E-state index is 11.0. The number of amides is 1. The van der Waals surface area contributed by atoms with Crippen LogP contribution in [0.2, 0.25) is 0 Å². The number of nitrogens with two attached hydrogens (primary N) is 2. The number of rotatable bonds is 4. The number of ether oxygens (including phenoxy) is 1. The van der Waals surface area contributed by atoms with Crippen LogP contribution in [0, 0.1) is 0 Å². The highest BCUT2D eigenvalue weighted by molar-refractivity contribution is 5.95. The van der Waals surface area contributed by atoms with Crippen LogP contribution in [0.4, 0.5) is 0 Å². The number of carbonyl (C=O) groups excluding carboxylic acids is 1. The van der Waals surface area contributed by atoms with Gasteiger partial charge in [-0.25, -0.2) is 0 Å². The molecule has 0 fully saturated rings. The zero-order valence-corrected chi connectivity index (χ0v) is 9.36. The second-order valence-corrected chi connectivity index (χ2v) is 4.32. The molecule has 5 N–H and O–H groups in total. The minimum atomic E-state index is -0.699. The molecule has 0 saturated heterocycles. The second-order valence-electron chi connectivity index (χ2n) is 4.32. The molecule has 88 valence electrons. The molecule has 1 aromatic rings. The van der Waals surface area contributed by atoms with Crippen molar-refractivity contribution in [1.82, 2.24) is 0 Å². The average molecular weight is 224 g/mol. The smallest absolute Gasteiger partial charge is 0.252 e. The van der Waals surface area contributed by atoms with Gasteiger partial charge in [0.25, 0.3) is 5.91 Å².